The highest BCUT2D eigenvalue weighted by atomic mass is 32.1. The molecule has 2 rings (SSSR count). The molecule has 23 heavy (non-hydrogen) atoms. The zero-order valence-corrected chi connectivity index (χ0v) is 14.9. The zero-order chi connectivity index (χ0) is 16.8. The van der Waals surface area contributed by atoms with Gasteiger partial charge in [-0.2, -0.15) is 0 Å². The lowest BCUT2D eigenvalue weighted by molar-refractivity contribution is 0.0526. The third kappa shape index (κ3) is 4.47. The number of hydrogen-bond donors (Lipinski definition) is 1. The van der Waals surface area contributed by atoms with Gasteiger partial charge in [0.05, 0.1) is 18.8 Å². The molecule has 1 N–H and O–H groups in total. The van der Waals surface area contributed by atoms with E-state index in [0.717, 1.165) is 37.7 Å². The van der Waals surface area contributed by atoms with Gasteiger partial charge in [0, 0.05) is 4.88 Å². The molecule has 0 spiro atoms. The molecule has 0 radical (unpaired) electrons. The number of unbranched alkanes of at least 4 members (excludes halogenated alkanes) is 1. The number of carbonyl (C=O) groups is 2. The minimum atomic E-state index is -0.504. The Hall–Kier alpha value is -1.56. The summed E-state index contributed by atoms with van der Waals surface area (Å²) >= 11 is 1.47. The Kier molecular flexibility index (Phi) is 6.45. The van der Waals surface area contributed by atoms with Gasteiger partial charge in [0.1, 0.15) is 5.00 Å². The Balaban J connectivity index is 2.20. The van der Waals surface area contributed by atoms with E-state index >= 15 is 0 Å². The summed E-state index contributed by atoms with van der Waals surface area (Å²) in [6.07, 6.45) is 4.14. The summed E-state index contributed by atoms with van der Waals surface area (Å²) in [5.74, 6) is 0.240. The summed E-state index contributed by atoms with van der Waals surface area (Å²) in [5.41, 5.74) is 1.56. The van der Waals surface area contributed by atoms with Crippen molar-refractivity contribution in [2.75, 3.05) is 18.5 Å². The predicted octanol–water partition coefficient (Wildman–Crippen LogP) is 4.40. The summed E-state index contributed by atoms with van der Waals surface area (Å²) in [7, 11) is 0. The van der Waals surface area contributed by atoms with Crippen LogP contribution in [0.25, 0.3) is 0 Å². The van der Waals surface area contributed by atoms with Gasteiger partial charge in [0.25, 0.3) is 0 Å². The number of esters is 1. The maximum Gasteiger partial charge on any atom is 0.412 e. The van der Waals surface area contributed by atoms with Crippen molar-refractivity contribution in [3.8, 4) is 0 Å². The molecule has 5 nitrogen and oxygen atoms in total. The van der Waals surface area contributed by atoms with Crippen molar-refractivity contribution in [3.05, 3.63) is 16.0 Å². The number of hydrogen-bond acceptors (Lipinski definition) is 5. The average molecular weight is 339 g/mol. The second kappa shape index (κ2) is 8.34. The highest BCUT2D eigenvalue weighted by molar-refractivity contribution is 7.17. The average Bonchev–Trinajstić information content (AvgIpc) is 2.84. The second-order valence-electron chi connectivity index (χ2n) is 5.89. The Morgan fingerprint density at radius 1 is 1.30 bits per heavy atom. The van der Waals surface area contributed by atoms with Crippen LogP contribution in [0.2, 0.25) is 0 Å². The molecule has 0 saturated carbocycles. The van der Waals surface area contributed by atoms with E-state index in [0.29, 0.717) is 29.7 Å². The summed E-state index contributed by atoms with van der Waals surface area (Å²) in [6, 6.07) is 0. The molecule has 0 fully saturated rings. The van der Waals surface area contributed by atoms with Gasteiger partial charge in [0.2, 0.25) is 0 Å². The third-order valence-corrected chi connectivity index (χ3v) is 5.11. The van der Waals surface area contributed by atoms with E-state index in [-0.39, 0.29) is 5.97 Å². The highest BCUT2D eigenvalue weighted by Crippen LogP contribution is 2.40. The normalized spacial score (nSPS) is 16.6. The minimum Gasteiger partial charge on any atom is -0.462 e. The summed E-state index contributed by atoms with van der Waals surface area (Å²) in [4.78, 5) is 25.4. The van der Waals surface area contributed by atoms with Crippen molar-refractivity contribution in [1.82, 2.24) is 0 Å². The fourth-order valence-electron chi connectivity index (χ4n) is 2.70. The topological polar surface area (TPSA) is 64.6 Å². The quantitative estimate of drug-likeness (QED) is 0.616. The van der Waals surface area contributed by atoms with Crippen LogP contribution < -0.4 is 5.32 Å². The first-order valence-corrected chi connectivity index (χ1v) is 9.13. The number of thiophene rings is 1. The van der Waals surface area contributed by atoms with Gasteiger partial charge in [-0.15, -0.1) is 11.3 Å². The first-order chi connectivity index (χ1) is 11.1. The number of ether oxygens (including phenoxy) is 2. The monoisotopic (exact) mass is 339 g/mol. The van der Waals surface area contributed by atoms with E-state index in [9.17, 15) is 9.59 Å². The zero-order valence-electron chi connectivity index (χ0n) is 14.1. The molecule has 0 unspecified atom stereocenters. The van der Waals surface area contributed by atoms with E-state index in [2.05, 4.69) is 12.2 Å². The molecule has 128 valence electrons. The van der Waals surface area contributed by atoms with Crippen LogP contribution in [0.1, 0.15) is 60.8 Å². The van der Waals surface area contributed by atoms with Crippen molar-refractivity contribution < 1.29 is 19.1 Å². The van der Waals surface area contributed by atoms with Gasteiger partial charge in [-0.1, -0.05) is 20.3 Å². The molecule has 0 bridgehead atoms. The number of anilines is 1. The molecular weight excluding hydrogens is 314 g/mol. The van der Waals surface area contributed by atoms with E-state index in [1.807, 2.05) is 6.92 Å². The predicted molar refractivity (Wildman–Crippen MR) is 91.3 cm³/mol. The Morgan fingerprint density at radius 2 is 2.09 bits per heavy atom. The lowest BCUT2D eigenvalue weighted by Crippen LogP contribution is -2.17. The SMILES string of the molecule is CCCCOC(=O)Nc1sc2c(c1C(=O)OCC)CC[C@H](C)C2. The molecule has 1 aliphatic rings. The Labute approximate surface area is 141 Å². The maximum atomic E-state index is 12.3. The third-order valence-electron chi connectivity index (χ3n) is 3.94. The lowest BCUT2D eigenvalue weighted by Gasteiger charge is -2.18. The minimum absolute atomic E-state index is 0.320. The second-order valence-corrected chi connectivity index (χ2v) is 7.00. The van der Waals surface area contributed by atoms with Crippen molar-refractivity contribution in [1.29, 1.82) is 0 Å². The molecule has 1 amide bonds. The van der Waals surface area contributed by atoms with Gasteiger partial charge in [-0.3, -0.25) is 5.32 Å². The molecule has 1 heterocycles. The summed E-state index contributed by atoms with van der Waals surface area (Å²) in [6.45, 7) is 6.73. The van der Waals surface area contributed by atoms with Crippen LogP contribution in [0.5, 0.6) is 0 Å². The van der Waals surface area contributed by atoms with Crippen molar-refractivity contribution >= 4 is 28.4 Å². The molecule has 6 heteroatoms. The Morgan fingerprint density at radius 3 is 2.78 bits per heavy atom. The standard InChI is InChI=1S/C17H25NO4S/c1-4-6-9-22-17(20)18-15-14(16(19)21-5-2)12-8-7-11(3)10-13(12)23-15/h11H,4-10H2,1-3H3,(H,18,20)/t11-/m0/s1. The first kappa shape index (κ1) is 17.8. The molecule has 0 aliphatic heterocycles. The van der Waals surface area contributed by atoms with Crippen LogP contribution >= 0.6 is 11.3 Å². The van der Waals surface area contributed by atoms with Crippen LogP contribution in [0.4, 0.5) is 9.80 Å². The van der Waals surface area contributed by atoms with Gasteiger partial charge in [-0.25, -0.2) is 9.59 Å². The number of amides is 1. The fraction of sp³-hybridized carbons (Fsp3) is 0.647. The van der Waals surface area contributed by atoms with Crippen LogP contribution in [0, 0.1) is 5.92 Å². The van der Waals surface area contributed by atoms with Crippen LogP contribution in [-0.2, 0) is 22.3 Å². The van der Waals surface area contributed by atoms with Crippen LogP contribution in [0.15, 0.2) is 0 Å². The van der Waals surface area contributed by atoms with Crippen LogP contribution in [-0.4, -0.2) is 25.3 Å². The molecule has 0 saturated heterocycles. The summed E-state index contributed by atoms with van der Waals surface area (Å²) in [5, 5.41) is 3.30. The number of carbonyl (C=O) groups excluding carboxylic acids is 2. The number of nitrogens with one attached hydrogen (secondary N) is 1. The number of rotatable bonds is 6. The highest BCUT2D eigenvalue weighted by Gasteiger charge is 2.29. The number of fused-ring (bicyclic) bond motifs is 1. The largest absolute Gasteiger partial charge is 0.462 e. The summed E-state index contributed by atoms with van der Waals surface area (Å²) < 4.78 is 10.3. The molecule has 1 aromatic rings. The van der Waals surface area contributed by atoms with Crippen molar-refractivity contribution in [3.63, 3.8) is 0 Å². The van der Waals surface area contributed by atoms with Crippen LogP contribution in [0.3, 0.4) is 0 Å². The van der Waals surface area contributed by atoms with E-state index in [1.165, 1.54) is 16.2 Å². The van der Waals surface area contributed by atoms with E-state index < -0.39 is 6.09 Å². The van der Waals surface area contributed by atoms with Gasteiger partial charge in [-0.05, 0) is 44.1 Å². The smallest absolute Gasteiger partial charge is 0.412 e. The fourth-order valence-corrected chi connectivity index (χ4v) is 4.08. The van der Waals surface area contributed by atoms with Gasteiger partial charge in [0.15, 0.2) is 0 Å². The first-order valence-electron chi connectivity index (χ1n) is 8.32. The molecular formula is C17H25NO4S. The molecule has 1 aromatic heterocycles. The molecule has 1 aliphatic carbocycles. The molecule has 1 atom stereocenters. The van der Waals surface area contributed by atoms with E-state index in [1.54, 1.807) is 6.92 Å². The maximum absolute atomic E-state index is 12.3. The Bertz CT molecular complexity index is 567. The molecule has 0 aromatic carbocycles. The van der Waals surface area contributed by atoms with Crippen molar-refractivity contribution in [2.45, 2.75) is 52.9 Å². The van der Waals surface area contributed by atoms with Gasteiger partial charge < -0.3 is 9.47 Å². The van der Waals surface area contributed by atoms with E-state index in [4.69, 9.17) is 9.47 Å². The van der Waals surface area contributed by atoms with Crippen molar-refractivity contribution in [2.24, 2.45) is 5.92 Å². The van der Waals surface area contributed by atoms with Gasteiger partial charge >= 0.3 is 12.1 Å². The lowest BCUT2D eigenvalue weighted by atomic mass is 9.88.